The molecule has 1 N–H and O–H groups in total. The number of likely N-dealkylation sites (tertiary alicyclic amines) is 1. The van der Waals surface area contributed by atoms with Crippen molar-refractivity contribution in [2.75, 3.05) is 13.1 Å². The van der Waals surface area contributed by atoms with Crippen molar-refractivity contribution in [3.8, 4) is 11.3 Å². The molecule has 0 amide bonds. The van der Waals surface area contributed by atoms with Gasteiger partial charge < -0.3 is 4.98 Å². The average Bonchev–Trinajstić information content (AvgIpc) is 3.38. The van der Waals surface area contributed by atoms with Gasteiger partial charge in [-0.05, 0) is 36.8 Å². The number of fused-ring (bicyclic) bond motifs is 3. The van der Waals surface area contributed by atoms with Crippen LogP contribution >= 0.6 is 0 Å². The molecule has 4 aromatic rings. The highest BCUT2D eigenvalue weighted by Crippen LogP contribution is 2.44. The van der Waals surface area contributed by atoms with Crippen LogP contribution in [0.5, 0.6) is 0 Å². The van der Waals surface area contributed by atoms with Crippen LogP contribution in [0, 0.1) is 0 Å². The number of hydrogen-bond donors (Lipinski definition) is 1. The summed E-state index contributed by atoms with van der Waals surface area (Å²) >= 11 is 0. The first-order valence-electron chi connectivity index (χ1n) is 9.57. The number of nitrogens with one attached hydrogen (secondary N) is 1. The van der Waals surface area contributed by atoms with Crippen LogP contribution in [0.3, 0.4) is 0 Å². The van der Waals surface area contributed by atoms with E-state index >= 15 is 0 Å². The molecule has 0 aliphatic carbocycles. The fourth-order valence-corrected chi connectivity index (χ4v) is 4.76. The number of pyridine rings is 1. The Bertz CT molecular complexity index is 1120. The summed E-state index contributed by atoms with van der Waals surface area (Å²) in [6.07, 6.45) is 5.15. The Morgan fingerprint density at radius 3 is 2.89 bits per heavy atom. The quantitative estimate of drug-likeness (QED) is 0.611. The normalized spacial score (nSPS) is 18.1. The maximum atomic E-state index is 4.90. The number of nitrogens with zero attached hydrogens (tertiary/aromatic N) is 4. The summed E-state index contributed by atoms with van der Waals surface area (Å²) < 4.78 is 2.22. The maximum Gasteiger partial charge on any atom is 0.0942 e. The van der Waals surface area contributed by atoms with E-state index < -0.39 is 0 Å². The van der Waals surface area contributed by atoms with Crippen molar-refractivity contribution in [3.63, 3.8) is 0 Å². The highest BCUT2D eigenvalue weighted by molar-refractivity contribution is 5.82. The first kappa shape index (κ1) is 15.2. The molecular weight excluding hydrogens is 334 g/mol. The Labute approximate surface area is 157 Å². The highest BCUT2D eigenvalue weighted by Gasteiger charge is 2.49. The van der Waals surface area contributed by atoms with Crippen molar-refractivity contribution in [1.82, 2.24) is 24.6 Å². The molecule has 1 aromatic carbocycles. The van der Waals surface area contributed by atoms with Gasteiger partial charge in [-0.25, -0.2) is 0 Å². The van der Waals surface area contributed by atoms with Crippen molar-refractivity contribution >= 4 is 10.9 Å². The van der Waals surface area contributed by atoms with Gasteiger partial charge in [0.15, 0.2) is 0 Å². The zero-order valence-corrected chi connectivity index (χ0v) is 15.1. The van der Waals surface area contributed by atoms with Crippen LogP contribution < -0.4 is 0 Å². The third-order valence-corrected chi connectivity index (χ3v) is 6.12. The monoisotopic (exact) mass is 355 g/mol. The molecule has 6 rings (SSSR count). The molecular formula is C22H21N5. The fraction of sp³-hybridized carbons (Fsp3) is 0.273. The lowest BCUT2D eigenvalue weighted by Crippen LogP contribution is -2.57. The van der Waals surface area contributed by atoms with E-state index in [1.54, 1.807) is 0 Å². The van der Waals surface area contributed by atoms with E-state index in [1.165, 1.54) is 23.2 Å². The SMILES string of the molecule is c1c[nH]c(CN2CC3(CCn4nc(-c5cnc6ccccc6c5)cc43)C2)c1. The highest BCUT2D eigenvalue weighted by atomic mass is 15.3. The van der Waals surface area contributed by atoms with Gasteiger partial charge in [-0.3, -0.25) is 14.6 Å². The molecule has 2 aliphatic rings. The van der Waals surface area contributed by atoms with Crippen LogP contribution in [0.25, 0.3) is 22.2 Å². The Balaban J connectivity index is 1.28. The summed E-state index contributed by atoms with van der Waals surface area (Å²) in [5.41, 5.74) is 6.15. The van der Waals surface area contributed by atoms with E-state index in [2.05, 4.69) is 55.9 Å². The smallest absolute Gasteiger partial charge is 0.0942 e. The first-order chi connectivity index (χ1) is 13.3. The molecule has 134 valence electrons. The van der Waals surface area contributed by atoms with Gasteiger partial charge in [0.2, 0.25) is 0 Å². The summed E-state index contributed by atoms with van der Waals surface area (Å²) in [6, 6.07) is 17.0. The van der Waals surface area contributed by atoms with Crippen molar-refractivity contribution in [2.24, 2.45) is 0 Å². The van der Waals surface area contributed by atoms with E-state index in [9.17, 15) is 0 Å². The van der Waals surface area contributed by atoms with E-state index in [-0.39, 0.29) is 5.41 Å². The van der Waals surface area contributed by atoms with Crippen molar-refractivity contribution in [3.05, 3.63) is 72.3 Å². The van der Waals surface area contributed by atoms with Crippen LogP contribution in [0.1, 0.15) is 17.8 Å². The van der Waals surface area contributed by atoms with Gasteiger partial charge in [-0.1, -0.05) is 18.2 Å². The van der Waals surface area contributed by atoms with Crippen molar-refractivity contribution in [1.29, 1.82) is 0 Å². The van der Waals surface area contributed by atoms with Gasteiger partial charge in [-0.2, -0.15) is 5.10 Å². The van der Waals surface area contributed by atoms with Gasteiger partial charge in [0, 0.05) is 66.3 Å². The summed E-state index contributed by atoms with van der Waals surface area (Å²) in [5.74, 6) is 0. The zero-order valence-electron chi connectivity index (χ0n) is 15.1. The number of aromatic amines is 1. The Hall–Kier alpha value is -2.92. The summed E-state index contributed by atoms with van der Waals surface area (Å²) in [4.78, 5) is 10.4. The second-order valence-corrected chi connectivity index (χ2v) is 7.93. The number of hydrogen-bond acceptors (Lipinski definition) is 3. The maximum absolute atomic E-state index is 4.90. The van der Waals surface area contributed by atoms with Crippen LogP contribution in [-0.4, -0.2) is 37.7 Å². The fourth-order valence-electron chi connectivity index (χ4n) is 4.76. The number of H-pyrrole nitrogens is 1. The summed E-state index contributed by atoms with van der Waals surface area (Å²) in [6.45, 7) is 4.26. The van der Waals surface area contributed by atoms with Crippen molar-refractivity contribution in [2.45, 2.75) is 24.9 Å². The zero-order chi connectivity index (χ0) is 17.8. The standard InChI is InChI=1S/C22H21N5/c1-2-6-19-16(4-1)10-17(12-24-19)20-11-21-22(7-9-27(21)25-20)14-26(15-22)13-18-5-3-8-23-18/h1-6,8,10-12,23H,7,9,13-15H2. The predicted molar refractivity (Wildman–Crippen MR) is 105 cm³/mol. The largest absolute Gasteiger partial charge is 0.364 e. The van der Waals surface area contributed by atoms with Gasteiger partial charge in [0.1, 0.15) is 0 Å². The predicted octanol–water partition coefficient (Wildman–Crippen LogP) is 3.58. The number of para-hydroxylation sites is 1. The second-order valence-electron chi connectivity index (χ2n) is 7.93. The van der Waals surface area contributed by atoms with Crippen LogP contribution in [0.4, 0.5) is 0 Å². The molecule has 1 spiro atoms. The number of aryl methyl sites for hydroxylation is 1. The van der Waals surface area contributed by atoms with E-state index in [0.717, 1.165) is 43.0 Å². The van der Waals surface area contributed by atoms with Crippen LogP contribution in [0.15, 0.2) is 60.9 Å². The summed E-state index contributed by atoms with van der Waals surface area (Å²) in [7, 11) is 0. The van der Waals surface area contributed by atoms with Crippen LogP contribution in [-0.2, 0) is 18.5 Å². The third-order valence-electron chi connectivity index (χ3n) is 6.12. The minimum absolute atomic E-state index is 0.280. The average molecular weight is 355 g/mol. The number of rotatable bonds is 3. The number of aromatic nitrogens is 4. The molecule has 0 atom stereocenters. The van der Waals surface area contributed by atoms with E-state index in [4.69, 9.17) is 5.10 Å². The Kier molecular flexibility index (Phi) is 3.11. The molecule has 3 aromatic heterocycles. The third kappa shape index (κ3) is 2.35. The van der Waals surface area contributed by atoms with E-state index in [0.29, 0.717) is 0 Å². The minimum atomic E-state index is 0.280. The molecule has 0 radical (unpaired) electrons. The molecule has 27 heavy (non-hydrogen) atoms. The molecule has 1 saturated heterocycles. The minimum Gasteiger partial charge on any atom is -0.364 e. The van der Waals surface area contributed by atoms with E-state index in [1.807, 2.05) is 24.5 Å². The second kappa shape index (κ2) is 5.54. The molecule has 2 aliphatic heterocycles. The topological polar surface area (TPSA) is 49.7 Å². The lowest BCUT2D eigenvalue weighted by Gasteiger charge is -2.47. The molecule has 1 fully saturated rings. The van der Waals surface area contributed by atoms with Crippen molar-refractivity contribution < 1.29 is 0 Å². The lowest BCUT2D eigenvalue weighted by molar-refractivity contribution is 0.0571. The summed E-state index contributed by atoms with van der Waals surface area (Å²) in [5, 5.41) is 6.06. The first-order valence-corrected chi connectivity index (χ1v) is 9.57. The molecule has 0 unspecified atom stereocenters. The molecule has 0 saturated carbocycles. The van der Waals surface area contributed by atoms with Gasteiger partial charge in [0.05, 0.1) is 11.2 Å². The molecule has 0 bridgehead atoms. The molecule has 5 heteroatoms. The lowest BCUT2D eigenvalue weighted by atomic mass is 9.75. The van der Waals surface area contributed by atoms with Gasteiger partial charge >= 0.3 is 0 Å². The van der Waals surface area contributed by atoms with Crippen LogP contribution in [0.2, 0.25) is 0 Å². The molecule has 5 nitrogen and oxygen atoms in total. The Morgan fingerprint density at radius 1 is 1.07 bits per heavy atom. The van der Waals surface area contributed by atoms with Gasteiger partial charge in [-0.15, -0.1) is 0 Å². The van der Waals surface area contributed by atoms with Gasteiger partial charge in [0.25, 0.3) is 0 Å². The molecule has 5 heterocycles. The number of benzene rings is 1. The Morgan fingerprint density at radius 2 is 2.00 bits per heavy atom.